The van der Waals surface area contributed by atoms with E-state index >= 15 is 0 Å². The molecule has 2 bridgehead atoms. The van der Waals surface area contributed by atoms with Crippen molar-refractivity contribution in [2.45, 2.75) is 39.2 Å². The van der Waals surface area contributed by atoms with Gasteiger partial charge in [0.2, 0.25) is 0 Å². The molecule has 3 aliphatic rings. The minimum Gasteiger partial charge on any atom is -0.292 e. The Bertz CT molecular complexity index is 488. The van der Waals surface area contributed by atoms with Crippen molar-refractivity contribution in [3.63, 3.8) is 0 Å². The molecule has 3 fully saturated rings. The van der Waals surface area contributed by atoms with Crippen molar-refractivity contribution in [2.75, 3.05) is 0 Å². The third-order valence-electron chi connectivity index (χ3n) is 5.45. The zero-order valence-corrected chi connectivity index (χ0v) is 11.0. The van der Waals surface area contributed by atoms with E-state index in [1.54, 1.807) is 6.20 Å². The number of hydrogen-bond acceptors (Lipinski definition) is 2. The molecule has 4 rings (SSSR count). The summed E-state index contributed by atoms with van der Waals surface area (Å²) in [6.45, 7) is 4.17. The van der Waals surface area contributed by atoms with Gasteiger partial charge in [-0.25, -0.2) is 0 Å². The molecule has 4 atom stereocenters. The predicted octanol–water partition coefficient (Wildman–Crippen LogP) is 2.94. The predicted molar refractivity (Wildman–Crippen MR) is 68.2 cm³/mol. The van der Waals surface area contributed by atoms with Crippen LogP contribution in [0.3, 0.4) is 0 Å². The smallest absolute Gasteiger partial charge is 0.184 e. The molecule has 0 aliphatic heterocycles. The average Bonchev–Trinajstić information content (AvgIpc) is 2.78. The van der Waals surface area contributed by atoms with Crippen LogP contribution in [0, 0.1) is 29.6 Å². The van der Waals surface area contributed by atoms with E-state index in [4.69, 9.17) is 0 Å². The molecule has 1 aromatic heterocycles. The van der Waals surface area contributed by atoms with Crippen LogP contribution in [0.15, 0.2) is 12.3 Å². The van der Waals surface area contributed by atoms with E-state index in [1.165, 1.54) is 19.3 Å². The highest BCUT2D eigenvalue weighted by Crippen LogP contribution is 2.69. The molecule has 0 aromatic carbocycles. The molecular weight excluding hydrogens is 224 g/mol. The highest BCUT2D eigenvalue weighted by molar-refractivity contribution is 5.99. The van der Waals surface area contributed by atoms with Gasteiger partial charge in [-0.15, -0.1) is 0 Å². The van der Waals surface area contributed by atoms with Crippen LogP contribution in [-0.2, 0) is 0 Å². The first kappa shape index (κ1) is 10.8. The van der Waals surface area contributed by atoms with Crippen LogP contribution in [0.1, 0.15) is 49.6 Å². The molecule has 1 aromatic rings. The quantitative estimate of drug-likeness (QED) is 0.766. The van der Waals surface area contributed by atoms with Crippen LogP contribution in [0.5, 0.6) is 0 Å². The Hall–Kier alpha value is -1.12. The van der Waals surface area contributed by atoms with Crippen molar-refractivity contribution in [1.29, 1.82) is 0 Å². The lowest BCUT2D eigenvalue weighted by molar-refractivity contribution is 0.0932. The first-order valence-electron chi connectivity index (χ1n) is 7.26. The monoisotopic (exact) mass is 244 g/mol. The number of rotatable bonds is 3. The maximum absolute atomic E-state index is 12.7. The maximum atomic E-state index is 12.7. The van der Waals surface area contributed by atoms with Crippen LogP contribution in [0.4, 0.5) is 0 Å². The Morgan fingerprint density at radius 3 is 2.61 bits per heavy atom. The fourth-order valence-corrected chi connectivity index (χ4v) is 4.77. The van der Waals surface area contributed by atoms with Crippen molar-refractivity contribution in [1.82, 2.24) is 9.78 Å². The normalized spacial score (nSPS) is 40.3. The van der Waals surface area contributed by atoms with Crippen LogP contribution >= 0.6 is 0 Å². The summed E-state index contributed by atoms with van der Waals surface area (Å²) in [7, 11) is 0. The van der Waals surface area contributed by atoms with Crippen LogP contribution in [-0.4, -0.2) is 15.6 Å². The molecule has 3 aliphatic carbocycles. The number of carbonyl (C=O) groups is 1. The molecule has 3 saturated carbocycles. The third kappa shape index (κ3) is 1.25. The summed E-state index contributed by atoms with van der Waals surface area (Å²) >= 11 is 0. The lowest BCUT2D eigenvalue weighted by atomic mass is 9.98. The number of ketones is 1. The van der Waals surface area contributed by atoms with Gasteiger partial charge in [0, 0.05) is 18.2 Å². The minimum atomic E-state index is 0.272. The topological polar surface area (TPSA) is 34.9 Å². The second-order valence-electron chi connectivity index (χ2n) is 6.63. The molecule has 96 valence electrons. The van der Waals surface area contributed by atoms with E-state index in [1.807, 2.05) is 10.7 Å². The molecule has 0 saturated heterocycles. The molecule has 0 amide bonds. The van der Waals surface area contributed by atoms with Crippen molar-refractivity contribution in [3.05, 3.63) is 18.0 Å². The van der Waals surface area contributed by atoms with Gasteiger partial charge in [-0.3, -0.25) is 9.48 Å². The van der Waals surface area contributed by atoms with Gasteiger partial charge < -0.3 is 0 Å². The fourth-order valence-electron chi connectivity index (χ4n) is 4.77. The van der Waals surface area contributed by atoms with E-state index in [9.17, 15) is 4.79 Å². The first-order valence-corrected chi connectivity index (χ1v) is 7.26. The Balaban J connectivity index is 1.60. The van der Waals surface area contributed by atoms with Crippen molar-refractivity contribution in [3.8, 4) is 0 Å². The van der Waals surface area contributed by atoms with E-state index in [0.717, 1.165) is 29.4 Å². The molecule has 4 unspecified atom stereocenters. The van der Waals surface area contributed by atoms with Gasteiger partial charge in [-0.1, -0.05) is 0 Å². The van der Waals surface area contributed by atoms with Gasteiger partial charge in [0.15, 0.2) is 5.78 Å². The van der Waals surface area contributed by atoms with Gasteiger partial charge in [-0.2, -0.15) is 5.10 Å². The van der Waals surface area contributed by atoms with E-state index in [2.05, 4.69) is 18.9 Å². The van der Waals surface area contributed by atoms with Crippen molar-refractivity contribution >= 4 is 5.78 Å². The molecule has 3 heteroatoms. The highest BCUT2D eigenvalue weighted by atomic mass is 16.1. The average molecular weight is 244 g/mol. The van der Waals surface area contributed by atoms with E-state index in [0.29, 0.717) is 11.7 Å². The van der Waals surface area contributed by atoms with Crippen molar-refractivity contribution in [2.24, 2.45) is 29.6 Å². The number of Topliss-reactive ketones (excluding diaryl/α,β-unsaturated/α-hetero) is 1. The molecule has 0 radical (unpaired) electrons. The fraction of sp³-hybridized carbons (Fsp3) is 0.733. The number of aromatic nitrogens is 2. The SMILES string of the molecule is CC(C)n1nccc1C(=O)C1C2C3CCC(C3)C12. The number of fused-ring (bicyclic) bond motifs is 5. The molecule has 3 nitrogen and oxygen atoms in total. The van der Waals surface area contributed by atoms with E-state index in [-0.39, 0.29) is 6.04 Å². The third-order valence-corrected chi connectivity index (χ3v) is 5.45. The highest BCUT2D eigenvalue weighted by Gasteiger charge is 2.67. The second kappa shape index (κ2) is 3.46. The Morgan fingerprint density at radius 2 is 2.00 bits per heavy atom. The van der Waals surface area contributed by atoms with Crippen molar-refractivity contribution < 1.29 is 4.79 Å². The second-order valence-corrected chi connectivity index (χ2v) is 6.63. The Kier molecular flexibility index (Phi) is 2.07. The Morgan fingerprint density at radius 1 is 1.33 bits per heavy atom. The van der Waals surface area contributed by atoms with E-state index < -0.39 is 0 Å². The molecule has 0 spiro atoms. The molecular formula is C15H20N2O. The maximum Gasteiger partial charge on any atom is 0.184 e. The van der Waals surface area contributed by atoms with Crippen LogP contribution < -0.4 is 0 Å². The Labute approximate surface area is 108 Å². The molecule has 18 heavy (non-hydrogen) atoms. The largest absolute Gasteiger partial charge is 0.292 e. The summed E-state index contributed by atoms with van der Waals surface area (Å²) in [5, 5.41) is 4.29. The first-order chi connectivity index (χ1) is 8.68. The summed E-state index contributed by atoms with van der Waals surface area (Å²) in [5.74, 6) is 3.89. The summed E-state index contributed by atoms with van der Waals surface area (Å²) < 4.78 is 1.89. The summed E-state index contributed by atoms with van der Waals surface area (Å²) in [6.07, 6.45) is 5.92. The zero-order valence-electron chi connectivity index (χ0n) is 11.0. The summed E-state index contributed by atoms with van der Waals surface area (Å²) in [6, 6.07) is 2.17. The number of hydrogen-bond donors (Lipinski definition) is 0. The number of nitrogens with zero attached hydrogens (tertiary/aromatic N) is 2. The molecule has 0 N–H and O–H groups in total. The van der Waals surface area contributed by atoms with Crippen LogP contribution in [0.2, 0.25) is 0 Å². The van der Waals surface area contributed by atoms with Gasteiger partial charge in [0.1, 0.15) is 5.69 Å². The zero-order chi connectivity index (χ0) is 12.4. The minimum absolute atomic E-state index is 0.272. The van der Waals surface area contributed by atoms with Gasteiger partial charge >= 0.3 is 0 Å². The van der Waals surface area contributed by atoms with Gasteiger partial charge in [0.25, 0.3) is 0 Å². The standard InChI is InChI=1S/C15H20N2O/c1-8(2)17-11(5-6-16-17)15(18)14-12-9-3-4-10(7-9)13(12)14/h5-6,8-10,12-14H,3-4,7H2,1-2H3. The van der Waals surface area contributed by atoms with Gasteiger partial charge in [-0.05, 0) is 62.8 Å². The summed E-state index contributed by atoms with van der Waals surface area (Å²) in [5.41, 5.74) is 0.837. The van der Waals surface area contributed by atoms with Gasteiger partial charge in [0.05, 0.1) is 0 Å². The number of carbonyl (C=O) groups excluding carboxylic acids is 1. The molecule has 1 heterocycles. The van der Waals surface area contributed by atoms with Crippen LogP contribution in [0.25, 0.3) is 0 Å². The summed E-state index contributed by atoms with van der Waals surface area (Å²) in [4.78, 5) is 12.7. The lowest BCUT2D eigenvalue weighted by Crippen LogP contribution is -2.17. The lowest BCUT2D eigenvalue weighted by Gasteiger charge is -2.12.